The van der Waals surface area contributed by atoms with E-state index in [2.05, 4.69) is 20.9 Å². The Morgan fingerprint density at radius 2 is 2.20 bits per heavy atom. The summed E-state index contributed by atoms with van der Waals surface area (Å²) in [6.07, 6.45) is 3.23. The Balaban J connectivity index is 1.89. The monoisotopic (exact) mass is 283 g/mol. The molecular formula is C12H21N5O3. The van der Waals surface area contributed by atoms with Crippen molar-refractivity contribution in [3.8, 4) is 0 Å². The van der Waals surface area contributed by atoms with E-state index >= 15 is 0 Å². The minimum Gasteiger partial charge on any atom is -0.354 e. The van der Waals surface area contributed by atoms with Crippen LogP contribution in [0.5, 0.6) is 0 Å². The van der Waals surface area contributed by atoms with Gasteiger partial charge in [0.15, 0.2) is 12.0 Å². The van der Waals surface area contributed by atoms with Gasteiger partial charge in [0, 0.05) is 14.2 Å². The number of amides is 1. The van der Waals surface area contributed by atoms with E-state index in [9.17, 15) is 4.79 Å². The lowest BCUT2D eigenvalue weighted by atomic mass is 10.1. The summed E-state index contributed by atoms with van der Waals surface area (Å²) in [4.78, 5) is 11.9. The number of hydrogen-bond donors (Lipinski definition) is 2. The Labute approximate surface area is 117 Å². The van der Waals surface area contributed by atoms with Crippen molar-refractivity contribution in [1.82, 2.24) is 25.6 Å². The molecule has 8 nitrogen and oxygen atoms in total. The molecule has 2 rings (SSSR count). The van der Waals surface area contributed by atoms with E-state index in [1.54, 1.807) is 10.9 Å². The molecule has 0 bridgehead atoms. The van der Waals surface area contributed by atoms with Crippen molar-refractivity contribution in [1.29, 1.82) is 0 Å². The van der Waals surface area contributed by atoms with Gasteiger partial charge < -0.3 is 20.1 Å². The summed E-state index contributed by atoms with van der Waals surface area (Å²) in [7, 11) is 3.04. The van der Waals surface area contributed by atoms with Crippen LogP contribution in [0.15, 0.2) is 6.20 Å². The van der Waals surface area contributed by atoms with E-state index < -0.39 is 6.29 Å². The van der Waals surface area contributed by atoms with Crippen molar-refractivity contribution in [2.45, 2.75) is 25.2 Å². The highest BCUT2D eigenvalue weighted by Gasteiger charge is 2.19. The molecule has 20 heavy (non-hydrogen) atoms. The lowest BCUT2D eigenvalue weighted by molar-refractivity contribution is -0.0974. The quantitative estimate of drug-likeness (QED) is 0.687. The molecule has 1 aliphatic heterocycles. The number of carbonyl (C=O) groups is 1. The molecule has 1 aromatic heterocycles. The maximum atomic E-state index is 11.9. The van der Waals surface area contributed by atoms with Gasteiger partial charge in [-0.25, -0.2) is 4.68 Å². The first-order chi connectivity index (χ1) is 9.74. The van der Waals surface area contributed by atoms with Crippen LogP contribution >= 0.6 is 0 Å². The number of ether oxygens (including phenoxy) is 2. The van der Waals surface area contributed by atoms with Crippen molar-refractivity contribution in [2.24, 2.45) is 0 Å². The molecule has 1 aliphatic rings. The van der Waals surface area contributed by atoms with Gasteiger partial charge in [-0.1, -0.05) is 5.21 Å². The second kappa shape index (κ2) is 7.32. The van der Waals surface area contributed by atoms with E-state index in [4.69, 9.17) is 9.47 Å². The number of methoxy groups -OCH3 is 2. The van der Waals surface area contributed by atoms with Gasteiger partial charge in [0.2, 0.25) is 0 Å². The summed E-state index contributed by atoms with van der Waals surface area (Å²) in [5.74, 6) is -0.274. The van der Waals surface area contributed by atoms with Gasteiger partial charge in [-0.05, 0) is 25.9 Å². The average Bonchev–Trinajstić information content (AvgIpc) is 2.99. The Kier molecular flexibility index (Phi) is 5.45. The van der Waals surface area contributed by atoms with Crippen LogP contribution in [-0.2, 0) is 9.47 Å². The zero-order valence-corrected chi connectivity index (χ0v) is 11.8. The fraction of sp³-hybridized carbons (Fsp3) is 0.750. The topological polar surface area (TPSA) is 90.3 Å². The van der Waals surface area contributed by atoms with Crippen LogP contribution in [0.25, 0.3) is 0 Å². The molecule has 0 atom stereocenters. The molecule has 0 aliphatic carbocycles. The molecule has 8 heteroatoms. The van der Waals surface area contributed by atoms with Crippen LogP contribution in [0.2, 0.25) is 0 Å². The average molecular weight is 283 g/mol. The molecule has 2 heterocycles. The number of piperidine rings is 1. The molecule has 0 saturated carbocycles. The van der Waals surface area contributed by atoms with Gasteiger partial charge >= 0.3 is 0 Å². The third kappa shape index (κ3) is 3.75. The molecule has 2 N–H and O–H groups in total. The summed E-state index contributed by atoms with van der Waals surface area (Å²) in [5.41, 5.74) is 0.314. The van der Waals surface area contributed by atoms with E-state index in [0.29, 0.717) is 11.7 Å². The van der Waals surface area contributed by atoms with E-state index in [-0.39, 0.29) is 12.5 Å². The number of aromatic nitrogens is 3. The molecule has 0 radical (unpaired) electrons. The normalized spacial score (nSPS) is 16.6. The summed E-state index contributed by atoms with van der Waals surface area (Å²) < 4.78 is 11.8. The van der Waals surface area contributed by atoms with Crippen molar-refractivity contribution in [3.63, 3.8) is 0 Å². The van der Waals surface area contributed by atoms with Gasteiger partial charge in [-0.15, -0.1) is 5.10 Å². The number of nitrogens with one attached hydrogen (secondary N) is 2. The van der Waals surface area contributed by atoms with Crippen LogP contribution in [0, 0.1) is 0 Å². The van der Waals surface area contributed by atoms with E-state index in [0.717, 1.165) is 25.9 Å². The molecule has 1 saturated heterocycles. The maximum Gasteiger partial charge on any atom is 0.273 e. The van der Waals surface area contributed by atoms with Crippen LogP contribution < -0.4 is 10.6 Å². The standard InChI is InChI=1S/C12H21N5O3/c1-19-11(20-2)7-14-12(18)10-8-17(16-15-10)9-3-5-13-6-4-9/h8-9,11,13H,3-7H2,1-2H3,(H,14,18). The fourth-order valence-corrected chi connectivity index (χ4v) is 2.16. The number of carbonyl (C=O) groups excluding carboxylic acids is 1. The number of nitrogens with zero attached hydrogens (tertiary/aromatic N) is 3. The zero-order chi connectivity index (χ0) is 14.4. The molecule has 112 valence electrons. The molecule has 1 amide bonds. The Bertz CT molecular complexity index is 426. The lowest BCUT2D eigenvalue weighted by Gasteiger charge is -2.22. The van der Waals surface area contributed by atoms with Gasteiger partial charge in [0.05, 0.1) is 18.8 Å². The van der Waals surface area contributed by atoms with Crippen LogP contribution in [-0.4, -0.2) is 61.0 Å². The summed E-state index contributed by atoms with van der Waals surface area (Å²) in [5, 5.41) is 14.0. The molecule has 0 unspecified atom stereocenters. The molecule has 0 spiro atoms. The number of rotatable bonds is 6. The van der Waals surface area contributed by atoms with Gasteiger partial charge in [-0.3, -0.25) is 4.79 Å². The third-order valence-corrected chi connectivity index (χ3v) is 3.38. The van der Waals surface area contributed by atoms with Crippen molar-refractivity contribution < 1.29 is 14.3 Å². The minimum absolute atomic E-state index is 0.270. The largest absolute Gasteiger partial charge is 0.354 e. The SMILES string of the molecule is COC(CNC(=O)c1cn(C2CCNCC2)nn1)OC. The summed E-state index contributed by atoms with van der Waals surface area (Å²) in [6.45, 7) is 2.21. The van der Waals surface area contributed by atoms with Crippen molar-refractivity contribution >= 4 is 5.91 Å². The highest BCUT2D eigenvalue weighted by Crippen LogP contribution is 2.16. The smallest absolute Gasteiger partial charge is 0.273 e. The predicted molar refractivity (Wildman–Crippen MR) is 71.3 cm³/mol. The van der Waals surface area contributed by atoms with E-state index in [1.807, 2.05) is 0 Å². The van der Waals surface area contributed by atoms with Crippen LogP contribution in [0.1, 0.15) is 29.4 Å². The summed E-state index contributed by atoms with van der Waals surface area (Å²) >= 11 is 0. The maximum absolute atomic E-state index is 11.9. The van der Waals surface area contributed by atoms with Gasteiger partial charge in [0.1, 0.15) is 0 Å². The second-order valence-electron chi connectivity index (χ2n) is 4.68. The first-order valence-electron chi connectivity index (χ1n) is 6.71. The highest BCUT2D eigenvalue weighted by atomic mass is 16.7. The zero-order valence-electron chi connectivity index (χ0n) is 11.8. The van der Waals surface area contributed by atoms with Crippen molar-refractivity contribution in [2.75, 3.05) is 33.9 Å². The first-order valence-corrected chi connectivity index (χ1v) is 6.71. The van der Waals surface area contributed by atoms with Gasteiger partial charge in [-0.2, -0.15) is 0 Å². The van der Waals surface area contributed by atoms with Crippen LogP contribution in [0.4, 0.5) is 0 Å². The van der Waals surface area contributed by atoms with Crippen LogP contribution in [0.3, 0.4) is 0 Å². The van der Waals surface area contributed by atoms with Gasteiger partial charge in [0.25, 0.3) is 5.91 Å². The predicted octanol–water partition coefficient (Wildman–Crippen LogP) is -0.449. The second-order valence-corrected chi connectivity index (χ2v) is 4.68. The lowest BCUT2D eigenvalue weighted by Crippen LogP contribution is -2.34. The first kappa shape index (κ1) is 14.9. The molecule has 1 aromatic rings. The summed E-state index contributed by atoms with van der Waals surface area (Å²) in [6, 6.07) is 0.316. The molecule has 1 fully saturated rings. The Hall–Kier alpha value is -1.51. The highest BCUT2D eigenvalue weighted by molar-refractivity contribution is 5.91. The minimum atomic E-state index is -0.460. The number of hydrogen-bond acceptors (Lipinski definition) is 6. The Morgan fingerprint density at radius 1 is 1.50 bits per heavy atom. The third-order valence-electron chi connectivity index (χ3n) is 3.38. The molecule has 0 aromatic carbocycles. The Morgan fingerprint density at radius 3 is 2.85 bits per heavy atom. The fourth-order valence-electron chi connectivity index (χ4n) is 2.16. The van der Waals surface area contributed by atoms with Crippen molar-refractivity contribution in [3.05, 3.63) is 11.9 Å². The van der Waals surface area contributed by atoms with E-state index in [1.165, 1.54) is 14.2 Å². The molecular weight excluding hydrogens is 262 g/mol.